The zero-order chi connectivity index (χ0) is 13.3. The van der Waals surface area contributed by atoms with Gasteiger partial charge in [-0.25, -0.2) is 0 Å². The molecule has 0 bridgehead atoms. The normalized spacial score (nSPS) is 11.5. The second-order valence-corrected chi connectivity index (χ2v) is 6.42. The molecule has 0 amide bonds. The Bertz CT molecular complexity index is 503. The van der Waals surface area contributed by atoms with Crippen molar-refractivity contribution in [2.75, 3.05) is 11.5 Å². The van der Waals surface area contributed by atoms with Crippen LogP contribution >= 0.6 is 23.5 Å². The minimum absolute atomic E-state index is 1.05. The van der Waals surface area contributed by atoms with Gasteiger partial charge in [-0.3, -0.25) is 0 Å². The fourth-order valence-electron chi connectivity index (χ4n) is 1.57. The molecule has 0 atom stereocenters. The van der Waals surface area contributed by atoms with E-state index in [2.05, 4.69) is 73.7 Å². The lowest BCUT2D eigenvalue weighted by Gasteiger charge is -2.02. The Hall–Kier alpha value is -1.12. The number of hydrogen-bond acceptors (Lipinski definition) is 2. The highest BCUT2D eigenvalue weighted by atomic mass is 32.2. The first-order chi connectivity index (χ1) is 9.34. The molecule has 2 aromatic carbocycles. The fourth-order valence-corrected chi connectivity index (χ4v) is 3.34. The van der Waals surface area contributed by atoms with E-state index in [9.17, 15) is 0 Å². The van der Waals surface area contributed by atoms with E-state index in [1.54, 1.807) is 0 Å². The van der Waals surface area contributed by atoms with Crippen molar-refractivity contribution in [1.82, 2.24) is 0 Å². The van der Waals surface area contributed by atoms with Crippen LogP contribution in [0.2, 0.25) is 0 Å². The van der Waals surface area contributed by atoms with Crippen LogP contribution in [0.1, 0.15) is 6.92 Å². The van der Waals surface area contributed by atoms with Crippen LogP contribution in [0.15, 0.2) is 82.1 Å². The number of thioether (sulfide) groups is 2. The van der Waals surface area contributed by atoms with Gasteiger partial charge in [0.1, 0.15) is 0 Å². The second-order valence-electron chi connectivity index (χ2n) is 4.28. The number of hydrogen-bond donors (Lipinski definition) is 0. The molecule has 0 spiro atoms. The van der Waals surface area contributed by atoms with E-state index in [4.69, 9.17) is 0 Å². The molecule has 0 fully saturated rings. The summed E-state index contributed by atoms with van der Waals surface area (Å²) in [6.07, 6.45) is 2.33. The Kier molecular flexibility index (Phi) is 6.12. The highest BCUT2D eigenvalue weighted by Crippen LogP contribution is 2.21. The molecule has 2 heteroatoms. The van der Waals surface area contributed by atoms with Crippen molar-refractivity contribution in [1.29, 1.82) is 0 Å². The van der Waals surface area contributed by atoms with E-state index in [1.807, 2.05) is 23.5 Å². The van der Waals surface area contributed by atoms with E-state index in [-0.39, 0.29) is 0 Å². The van der Waals surface area contributed by atoms with Crippen LogP contribution in [-0.4, -0.2) is 11.5 Å². The van der Waals surface area contributed by atoms with Gasteiger partial charge >= 0.3 is 0 Å². The fraction of sp³-hybridized carbons (Fsp3) is 0.176. The number of rotatable bonds is 6. The van der Waals surface area contributed by atoms with Crippen molar-refractivity contribution in [3.63, 3.8) is 0 Å². The summed E-state index contributed by atoms with van der Waals surface area (Å²) in [5, 5.41) is 0. The average molecular weight is 286 g/mol. The zero-order valence-corrected chi connectivity index (χ0v) is 12.7. The summed E-state index contributed by atoms with van der Waals surface area (Å²) in [7, 11) is 0. The van der Waals surface area contributed by atoms with E-state index in [1.165, 1.54) is 15.4 Å². The van der Waals surface area contributed by atoms with Gasteiger partial charge in [0.05, 0.1) is 0 Å². The van der Waals surface area contributed by atoms with Gasteiger partial charge in [-0.05, 0) is 31.2 Å². The van der Waals surface area contributed by atoms with Gasteiger partial charge in [0, 0.05) is 21.3 Å². The molecular weight excluding hydrogens is 268 g/mol. The maximum Gasteiger partial charge on any atom is 0.0188 e. The van der Waals surface area contributed by atoms with Crippen LogP contribution < -0.4 is 0 Å². The van der Waals surface area contributed by atoms with E-state index >= 15 is 0 Å². The minimum Gasteiger partial charge on any atom is -0.122 e. The minimum atomic E-state index is 1.05. The van der Waals surface area contributed by atoms with E-state index in [0.29, 0.717) is 0 Å². The van der Waals surface area contributed by atoms with Gasteiger partial charge in [-0.15, -0.1) is 23.5 Å². The molecule has 0 radical (unpaired) electrons. The Morgan fingerprint density at radius 1 is 0.842 bits per heavy atom. The SMILES string of the molecule is C/C(=C\CSc1ccccc1)CSc1ccccc1. The van der Waals surface area contributed by atoms with Crippen LogP contribution in [0.25, 0.3) is 0 Å². The van der Waals surface area contributed by atoms with Crippen molar-refractivity contribution >= 4 is 23.5 Å². The summed E-state index contributed by atoms with van der Waals surface area (Å²) >= 11 is 3.78. The third kappa shape index (κ3) is 5.58. The predicted octanol–water partition coefficient (Wildman–Crippen LogP) is 5.52. The number of benzene rings is 2. The van der Waals surface area contributed by atoms with Gasteiger partial charge in [-0.1, -0.05) is 48.0 Å². The Labute approximate surface area is 124 Å². The molecule has 0 unspecified atom stereocenters. The van der Waals surface area contributed by atoms with Crippen molar-refractivity contribution in [2.45, 2.75) is 16.7 Å². The monoisotopic (exact) mass is 286 g/mol. The highest BCUT2D eigenvalue weighted by Gasteiger charge is 1.95. The lowest BCUT2D eigenvalue weighted by molar-refractivity contribution is 1.36. The first kappa shape index (κ1) is 14.3. The molecule has 2 aromatic rings. The van der Waals surface area contributed by atoms with Crippen molar-refractivity contribution < 1.29 is 0 Å². The third-order valence-electron chi connectivity index (χ3n) is 2.63. The molecule has 19 heavy (non-hydrogen) atoms. The topological polar surface area (TPSA) is 0 Å². The maximum absolute atomic E-state index is 2.33. The van der Waals surface area contributed by atoms with E-state index in [0.717, 1.165) is 11.5 Å². The second kappa shape index (κ2) is 8.13. The summed E-state index contributed by atoms with van der Waals surface area (Å²) < 4.78 is 0. The van der Waals surface area contributed by atoms with Crippen molar-refractivity contribution in [2.24, 2.45) is 0 Å². The molecule has 98 valence electrons. The van der Waals surface area contributed by atoms with Crippen LogP contribution in [0.4, 0.5) is 0 Å². The zero-order valence-electron chi connectivity index (χ0n) is 11.1. The lowest BCUT2D eigenvalue weighted by atomic mass is 10.3. The standard InChI is InChI=1S/C17H18S2/c1-15(14-19-17-10-6-3-7-11-17)12-13-18-16-8-4-2-5-9-16/h2-12H,13-14H2,1H3/b15-12+. The Morgan fingerprint density at radius 3 is 1.95 bits per heavy atom. The van der Waals surface area contributed by atoms with Crippen molar-refractivity contribution in [3.8, 4) is 0 Å². The molecule has 0 aliphatic heterocycles. The highest BCUT2D eigenvalue weighted by molar-refractivity contribution is 7.99. The van der Waals surface area contributed by atoms with Gasteiger partial charge in [0.2, 0.25) is 0 Å². The molecule has 0 saturated heterocycles. The maximum atomic E-state index is 2.33. The summed E-state index contributed by atoms with van der Waals surface area (Å²) in [4.78, 5) is 2.67. The predicted molar refractivity (Wildman–Crippen MR) is 88.1 cm³/mol. The lowest BCUT2D eigenvalue weighted by Crippen LogP contribution is -1.84. The molecule has 0 aliphatic carbocycles. The summed E-state index contributed by atoms with van der Waals surface area (Å²) in [5.41, 5.74) is 1.44. The van der Waals surface area contributed by atoms with Crippen LogP contribution in [0.3, 0.4) is 0 Å². The van der Waals surface area contributed by atoms with Gasteiger partial charge < -0.3 is 0 Å². The van der Waals surface area contributed by atoms with Crippen LogP contribution in [-0.2, 0) is 0 Å². The molecule has 0 heterocycles. The Balaban J connectivity index is 1.74. The quantitative estimate of drug-likeness (QED) is 0.507. The van der Waals surface area contributed by atoms with Crippen molar-refractivity contribution in [3.05, 3.63) is 72.3 Å². The van der Waals surface area contributed by atoms with Crippen LogP contribution in [0, 0.1) is 0 Å². The summed E-state index contributed by atoms with van der Waals surface area (Å²) in [6, 6.07) is 21.1. The third-order valence-corrected chi connectivity index (χ3v) is 4.78. The first-order valence-corrected chi connectivity index (χ1v) is 8.33. The molecule has 0 saturated carbocycles. The van der Waals surface area contributed by atoms with E-state index < -0.39 is 0 Å². The van der Waals surface area contributed by atoms with Gasteiger partial charge in [0.15, 0.2) is 0 Å². The summed E-state index contributed by atoms with van der Waals surface area (Å²) in [6.45, 7) is 2.21. The molecular formula is C17H18S2. The average Bonchev–Trinajstić information content (AvgIpc) is 2.47. The molecule has 0 aliphatic rings. The molecule has 0 N–H and O–H groups in total. The molecule has 0 aromatic heterocycles. The smallest absolute Gasteiger partial charge is 0.0188 e. The summed E-state index contributed by atoms with van der Waals surface area (Å²) in [5.74, 6) is 2.12. The largest absolute Gasteiger partial charge is 0.122 e. The van der Waals surface area contributed by atoms with Gasteiger partial charge in [-0.2, -0.15) is 0 Å². The van der Waals surface area contributed by atoms with Crippen LogP contribution in [0.5, 0.6) is 0 Å². The first-order valence-electron chi connectivity index (χ1n) is 6.36. The molecule has 0 nitrogen and oxygen atoms in total. The molecule has 2 rings (SSSR count). The Morgan fingerprint density at radius 2 is 1.37 bits per heavy atom. The van der Waals surface area contributed by atoms with Gasteiger partial charge in [0.25, 0.3) is 0 Å².